The average Bonchev–Trinajstić information content (AvgIpc) is 3.08. The SMILES string of the molecule is CCOC(=O)/C=C/c1cc2cc(NC(=O)c3ccc(C(C)(C)C)cc3)ccc2s1. The number of amides is 1. The van der Waals surface area contributed by atoms with Crippen LogP contribution >= 0.6 is 11.3 Å². The van der Waals surface area contributed by atoms with Crippen molar-refractivity contribution in [3.63, 3.8) is 0 Å². The van der Waals surface area contributed by atoms with Crippen LogP contribution in [-0.4, -0.2) is 18.5 Å². The number of esters is 1. The third-order valence-corrected chi connectivity index (χ3v) is 5.56. The number of nitrogens with one attached hydrogen (secondary N) is 1. The van der Waals surface area contributed by atoms with Crippen molar-refractivity contribution in [1.82, 2.24) is 0 Å². The molecule has 29 heavy (non-hydrogen) atoms. The number of hydrogen-bond donors (Lipinski definition) is 1. The molecule has 1 amide bonds. The molecule has 1 N–H and O–H groups in total. The van der Waals surface area contributed by atoms with E-state index in [9.17, 15) is 9.59 Å². The van der Waals surface area contributed by atoms with Crippen LogP contribution in [0.3, 0.4) is 0 Å². The Balaban J connectivity index is 1.73. The summed E-state index contributed by atoms with van der Waals surface area (Å²) < 4.78 is 5.98. The van der Waals surface area contributed by atoms with Crippen molar-refractivity contribution in [2.75, 3.05) is 11.9 Å². The minimum atomic E-state index is -0.351. The summed E-state index contributed by atoms with van der Waals surface area (Å²) in [5.41, 5.74) is 2.61. The summed E-state index contributed by atoms with van der Waals surface area (Å²) in [5, 5.41) is 3.97. The quantitative estimate of drug-likeness (QED) is 0.415. The Morgan fingerprint density at radius 2 is 1.79 bits per heavy atom. The summed E-state index contributed by atoms with van der Waals surface area (Å²) >= 11 is 1.58. The maximum atomic E-state index is 12.6. The lowest BCUT2D eigenvalue weighted by atomic mass is 9.87. The second-order valence-corrected chi connectivity index (χ2v) is 8.88. The number of fused-ring (bicyclic) bond motifs is 1. The lowest BCUT2D eigenvalue weighted by Gasteiger charge is -2.19. The number of hydrogen-bond acceptors (Lipinski definition) is 4. The number of rotatable bonds is 5. The van der Waals surface area contributed by atoms with Gasteiger partial charge in [-0.25, -0.2) is 4.79 Å². The molecule has 4 nitrogen and oxygen atoms in total. The Bertz CT molecular complexity index is 1060. The number of carbonyl (C=O) groups is 2. The maximum Gasteiger partial charge on any atom is 0.330 e. The van der Waals surface area contributed by atoms with Crippen LogP contribution in [0.25, 0.3) is 16.2 Å². The molecule has 0 aliphatic heterocycles. The summed E-state index contributed by atoms with van der Waals surface area (Å²) in [6.07, 6.45) is 3.18. The van der Waals surface area contributed by atoms with E-state index < -0.39 is 0 Å². The molecule has 0 aliphatic carbocycles. The molecule has 0 unspecified atom stereocenters. The fourth-order valence-electron chi connectivity index (χ4n) is 2.89. The second kappa shape index (κ2) is 8.62. The summed E-state index contributed by atoms with van der Waals surface area (Å²) in [7, 11) is 0. The molecule has 3 rings (SSSR count). The van der Waals surface area contributed by atoms with Crippen LogP contribution in [0.2, 0.25) is 0 Å². The fourth-order valence-corrected chi connectivity index (χ4v) is 3.84. The predicted molar refractivity (Wildman–Crippen MR) is 121 cm³/mol. The van der Waals surface area contributed by atoms with Crippen molar-refractivity contribution in [2.45, 2.75) is 33.1 Å². The predicted octanol–water partition coefficient (Wildman–Crippen LogP) is 6.03. The first-order chi connectivity index (χ1) is 13.8. The van der Waals surface area contributed by atoms with E-state index in [-0.39, 0.29) is 17.3 Å². The van der Waals surface area contributed by atoms with Crippen LogP contribution in [0, 0.1) is 0 Å². The monoisotopic (exact) mass is 407 g/mol. The fraction of sp³-hybridized carbons (Fsp3) is 0.250. The van der Waals surface area contributed by atoms with Gasteiger partial charge >= 0.3 is 5.97 Å². The minimum Gasteiger partial charge on any atom is -0.463 e. The van der Waals surface area contributed by atoms with Crippen molar-refractivity contribution in [3.8, 4) is 0 Å². The zero-order valence-corrected chi connectivity index (χ0v) is 17.9. The third kappa shape index (κ3) is 5.33. The molecule has 0 saturated heterocycles. The number of anilines is 1. The van der Waals surface area contributed by atoms with Crippen LogP contribution in [-0.2, 0) is 14.9 Å². The molecule has 0 radical (unpaired) electrons. The first-order valence-corrected chi connectivity index (χ1v) is 10.4. The van der Waals surface area contributed by atoms with Crippen molar-refractivity contribution in [2.24, 2.45) is 0 Å². The van der Waals surface area contributed by atoms with Gasteiger partial charge in [-0.3, -0.25) is 4.79 Å². The molecule has 0 fully saturated rings. The van der Waals surface area contributed by atoms with E-state index in [1.165, 1.54) is 11.6 Å². The van der Waals surface area contributed by atoms with Gasteiger partial charge in [0, 0.05) is 26.9 Å². The van der Waals surface area contributed by atoms with E-state index in [1.807, 2.05) is 48.5 Å². The molecule has 5 heteroatoms. The van der Waals surface area contributed by atoms with E-state index in [1.54, 1.807) is 24.3 Å². The maximum absolute atomic E-state index is 12.6. The van der Waals surface area contributed by atoms with Gasteiger partial charge in [-0.05, 0) is 65.8 Å². The Morgan fingerprint density at radius 1 is 1.07 bits per heavy atom. The highest BCUT2D eigenvalue weighted by molar-refractivity contribution is 7.19. The molecular formula is C24H25NO3S. The van der Waals surface area contributed by atoms with Gasteiger partial charge in [0.05, 0.1) is 6.61 Å². The van der Waals surface area contributed by atoms with Gasteiger partial charge in [-0.1, -0.05) is 32.9 Å². The van der Waals surface area contributed by atoms with Crippen LogP contribution in [0.4, 0.5) is 5.69 Å². The van der Waals surface area contributed by atoms with E-state index in [0.29, 0.717) is 12.2 Å². The summed E-state index contributed by atoms with van der Waals surface area (Å²) in [4.78, 5) is 25.0. The van der Waals surface area contributed by atoms with Crippen molar-refractivity contribution in [3.05, 3.63) is 70.6 Å². The smallest absolute Gasteiger partial charge is 0.330 e. The van der Waals surface area contributed by atoms with Crippen LogP contribution in [0.1, 0.15) is 48.5 Å². The van der Waals surface area contributed by atoms with Gasteiger partial charge in [0.2, 0.25) is 0 Å². The largest absolute Gasteiger partial charge is 0.463 e. The Morgan fingerprint density at radius 3 is 2.45 bits per heavy atom. The number of thiophene rings is 1. The topological polar surface area (TPSA) is 55.4 Å². The molecule has 0 bridgehead atoms. The van der Waals surface area contributed by atoms with E-state index in [2.05, 4.69) is 26.1 Å². The van der Waals surface area contributed by atoms with Crippen molar-refractivity contribution < 1.29 is 14.3 Å². The second-order valence-electron chi connectivity index (χ2n) is 7.77. The molecule has 0 spiro atoms. The lowest BCUT2D eigenvalue weighted by molar-refractivity contribution is -0.137. The van der Waals surface area contributed by atoms with Crippen molar-refractivity contribution >= 4 is 45.1 Å². The van der Waals surface area contributed by atoms with Crippen molar-refractivity contribution in [1.29, 1.82) is 0 Å². The van der Waals surface area contributed by atoms with E-state index in [4.69, 9.17) is 4.74 Å². The number of benzene rings is 2. The Labute approximate surface area is 175 Å². The van der Waals surface area contributed by atoms with Gasteiger partial charge < -0.3 is 10.1 Å². The summed E-state index contributed by atoms with van der Waals surface area (Å²) in [5.74, 6) is -0.488. The Hall–Kier alpha value is -2.92. The molecule has 1 aromatic heterocycles. The Kier molecular flexibility index (Phi) is 6.18. The number of ether oxygens (including phenoxy) is 1. The summed E-state index contributed by atoms with van der Waals surface area (Å²) in [6.45, 7) is 8.58. The zero-order chi connectivity index (χ0) is 21.0. The van der Waals surface area contributed by atoms with Gasteiger partial charge in [-0.15, -0.1) is 11.3 Å². The summed E-state index contributed by atoms with van der Waals surface area (Å²) in [6, 6.07) is 15.5. The lowest BCUT2D eigenvalue weighted by Crippen LogP contribution is -2.14. The molecule has 1 heterocycles. The van der Waals surface area contributed by atoms with Crippen LogP contribution in [0.15, 0.2) is 54.6 Å². The van der Waals surface area contributed by atoms with Gasteiger partial charge in [0.1, 0.15) is 0 Å². The molecular weight excluding hydrogens is 382 g/mol. The molecule has 150 valence electrons. The first kappa shape index (κ1) is 20.8. The van der Waals surface area contributed by atoms with E-state index in [0.717, 1.165) is 20.7 Å². The highest BCUT2D eigenvalue weighted by atomic mass is 32.1. The minimum absolute atomic E-state index is 0.0540. The van der Waals surface area contributed by atoms with Crippen LogP contribution < -0.4 is 5.32 Å². The standard InChI is InChI=1S/C24H25NO3S/c1-5-28-22(26)13-11-20-15-17-14-19(10-12-21(17)29-20)25-23(27)16-6-8-18(9-7-16)24(2,3)4/h6-15H,5H2,1-4H3,(H,25,27)/b13-11+. The van der Waals surface area contributed by atoms with Gasteiger partial charge in [-0.2, -0.15) is 0 Å². The molecule has 0 aliphatic rings. The number of carbonyl (C=O) groups excluding carboxylic acids is 2. The molecule has 3 aromatic rings. The van der Waals surface area contributed by atoms with Gasteiger partial charge in [0.15, 0.2) is 0 Å². The average molecular weight is 408 g/mol. The van der Waals surface area contributed by atoms with Gasteiger partial charge in [0.25, 0.3) is 5.91 Å². The highest BCUT2D eigenvalue weighted by Gasteiger charge is 2.14. The molecule has 2 aromatic carbocycles. The molecule has 0 saturated carbocycles. The molecule has 0 atom stereocenters. The highest BCUT2D eigenvalue weighted by Crippen LogP contribution is 2.29. The van der Waals surface area contributed by atoms with Crippen LogP contribution in [0.5, 0.6) is 0 Å². The normalized spacial score (nSPS) is 11.7. The van der Waals surface area contributed by atoms with E-state index >= 15 is 0 Å². The third-order valence-electron chi connectivity index (χ3n) is 4.48. The zero-order valence-electron chi connectivity index (χ0n) is 17.1. The first-order valence-electron chi connectivity index (χ1n) is 9.56.